The lowest BCUT2D eigenvalue weighted by Crippen LogP contribution is -1.99. The van der Waals surface area contributed by atoms with Crippen LogP contribution in [0.25, 0.3) is 11.4 Å². The molecule has 0 fully saturated rings. The number of hydrogen-bond donors (Lipinski definition) is 0. The minimum atomic E-state index is 0.452. The van der Waals surface area contributed by atoms with E-state index in [1.807, 2.05) is 13.8 Å². The van der Waals surface area contributed by atoms with Gasteiger partial charge in [-0.1, -0.05) is 41.7 Å². The number of halogens is 3. The molecule has 18 heavy (non-hydrogen) atoms. The van der Waals surface area contributed by atoms with E-state index in [1.165, 1.54) is 0 Å². The molecular formula is C13H11Cl3N2. The zero-order valence-corrected chi connectivity index (χ0v) is 12.2. The average Bonchev–Trinajstić information content (AvgIpc) is 2.35. The summed E-state index contributed by atoms with van der Waals surface area (Å²) in [6, 6.07) is 5.19. The Bertz CT molecular complexity index is 597. The maximum absolute atomic E-state index is 6.14. The first-order valence-corrected chi connectivity index (χ1v) is 6.64. The second-order valence-electron chi connectivity index (χ2n) is 3.89. The molecule has 0 amide bonds. The molecule has 0 aliphatic carbocycles. The van der Waals surface area contributed by atoms with Gasteiger partial charge in [0.1, 0.15) is 5.15 Å². The Labute approximate surface area is 121 Å². The van der Waals surface area contributed by atoms with E-state index < -0.39 is 0 Å². The average molecular weight is 302 g/mol. The van der Waals surface area contributed by atoms with Crippen LogP contribution in [0, 0.1) is 6.92 Å². The molecule has 0 saturated carbocycles. The number of rotatable bonds is 2. The minimum Gasteiger partial charge on any atom is -0.233 e. The van der Waals surface area contributed by atoms with Gasteiger partial charge in [0.15, 0.2) is 5.82 Å². The second kappa shape index (κ2) is 5.43. The fraction of sp³-hybridized carbons (Fsp3) is 0.231. The lowest BCUT2D eigenvalue weighted by atomic mass is 10.1. The van der Waals surface area contributed by atoms with E-state index in [0.717, 1.165) is 17.7 Å². The van der Waals surface area contributed by atoms with Gasteiger partial charge in [0.25, 0.3) is 0 Å². The SMILES string of the molecule is CCc1nc(-c2cc(Cl)ccc2Cl)nc(Cl)c1C. The van der Waals surface area contributed by atoms with Crippen molar-refractivity contribution in [3.05, 3.63) is 44.7 Å². The largest absolute Gasteiger partial charge is 0.233 e. The Morgan fingerprint density at radius 1 is 1.11 bits per heavy atom. The standard InChI is InChI=1S/C13H11Cl3N2/c1-3-11-7(2)12(16)18-13(17-11)9-6-8(14)4-5-10(9)15/h4-6H,3H2,1-2H3. The first kappa shape index (κ1) is 13.6. The van der Waals surface area contributed by atoms with E-state index in [2.05, 4.69) is 9.97 Å². The highest BCUT2D eigenvalue weighted by molar-refractivity contribution is 6.35. The van der Waals surface area contributed by atoms with E-state index in [1.54, 1.807) is 18.2 Å². The molecule has 0 aliphatic heterocycles. The van der Waals surface area contributed by atoms with Gasteiger partial charge in [-0.25, -0.2) is 9.97 Å². The Morgan fingerprint density at radius 2 is 1.83 bits per heavy atom. The predicted molar refractivity (Wildman–Crippen MR) is 76.6 cm³/mol. The quantitative estimate of drug-likeness (QED) is 0.731. The van der Waals surface area contributed by atoms with E-state index in [9.17, 15) is 0 Å². The fourth-order valence-electron chi connectivity index (χ4n) is 1.67. The Morgan fingerprint density at radius 3 is 2.50 bits per heavy atom. The van der Waals surface area contributed by atoms with Gasteiger partial charge < -0.3 is 0 Å². The van der Waals surface area contributed by atoms with Crippen molar-refractivity contribution in [1.29, 1.82) is 0 Å². The Kier molecular flexibility index (Phi) is 4.10. The van der Waals surface area contributed by atoms with Crippen molar-refractivity contribution in [2.75, 3.05) is 0 Å². The predicted octanol–water partition coefficient (Wildman–Crippen LogP) is 4.97. The normalized spacial score (nSPS) is 10.7. The maximum atomic E-state index is 6.14. The summed E-state index contributed by atoms with van der Waals surface area (Å²) in [4.78, 5) is 8.75. The second-order valence-corrected chi connectivity index (χ2v) is 5.09. The summed E-state index contributed by atoms with van der Waals surface area (Å²) in [7, 11) is 0. The third kappa shape index (κ3) is 2.61. The van der Waals surface area contributed by atoms with Gasteiger partial charge in [-0.05, 0) is 31.5 Å². The lowest BCUT2D eigenvalue weighted by molar-refractivity contribution is 0.977. The molecule has 5 heteroatoms. The van der Waals surface area contributed by atoms with Crippen molar-refractivity contribution in [1.82, 2.24) is 9.97 Å². The number of benzene rings is 1. The Hall–Kier alpha value is -0.830. The summed E-state index contributed by atoms with van der Waals surface area (Å²) in [6.07, 6.45) is 0.791. The molecule has 2 rings (SSSR count). The molecule has 2 nitrogen and oxygen atoms in total. The molecule has 0 radical (unpaired) electrons. The van der Waals surface area contributed by atoms with Crippen LogP contribution in [0.2, 0.25) is 15.2 Å². The molecule has 0 atom stereocenters. The van der Waals surface area contributed by atoms with E-state index in [4.69, 9.17) is 34.8 Å². The highest BCUT2D eigenvalue weighted by atomic mass is 35.5. The molecule has 1 aromatic heterocycles. The van der Waals surface area contributed by atoms with Gasteiger partial charge in [0.2, 0.25) is 0 Å². The van der Waals surface area contributed by atoms with Gasteiger partial charge in [0.05, 0.1) is 5.02 Å². The summed E-state index contributed by atoms with van der Waals surface area (Å²) in [5.41, 5.74) is 2.52. The van der Waals surface area contributed by atoms with Crippen molar-refractivity contribution >= 4 is 34.8 Å². The summed E-state index contributed by atoms with van der Waals surface area (Å²) in [6.45, 7) is 3.93. The van der Waals surface area contributed by atoms with Crippen LogP contribution in [0.4, 0.5) is 0 Å². The van der Waals surface area contributed by atoms with Crippen LogP contribution < -0.4 is 0 Å². The fourth-order valence-corrected chi connectivity index (χ4v) is 2.23. The van der Waals surface area contributed by atoms with Gasteiger partial charge in [-0.2, -0.15) is 0 Å². The highest BCUT2D eigenvalue weighted by Gasteiger charge is 2.12. The first-order valence-electron chi connectivity index (χ1n) is 5.51. The number of aromatic nitrogens is 2. The molecule has 2 aromatic rings. The molecule has 0 aliphatic rings. The molecule has 0 spiro atoms. The smallest absolute Gasteiger partial charge is 0.162 e. The van der Waals surface area contributed by atoms with Crippen LogP contribution in [0.1, 0.15) is 18.2 Å². The van der Waals surface area contributed by atoms with Crippen molar-refractivity contribution in [3.63, 3.8) is 0 Å². The summed E-state index contributed by atoms with van der Waals surface area (Å²) in [5.74, 6) is 0.509. The number of nitrogens with zero attached hydrogens (tertiary/aromatic N) is 2. The van der Waals surface area contributed by atoms with Crippen molar-refractivity contribution < 1.29 is 0 Å². The van der Waals surface area contributed by atoms with Gasteiger partial charge in [-0.15, -0.1) is 0 Å². The van der Waals surface area contributed by atoms with Crippen LogP contribution >= 0.6 is 34.8 Å². The molecular weight excluding hydrogens is 291 g/mol. The lowest BCUT2D eigenvalue weighted by Gasteiger charge is -2.09. The van der Waals surface area contributed by atoms with Crippen molar-refractivity contribution in [2.45, 2.75) is 20.3 Å². The van der Waals surface area contributed by atoms with Crippen LogP contribution in [-0.4, -0.2) is 9.97 Å². The van der Waals surface area contributed by atoms with E-state index in [0.29, 0.717) is 26.6 Å². The van der Waals surface area contributed by atoms with E-state index in [-0.39, 0.29) is 0 Å². The first-order chi connectivity index (χ1) is 8.52. The third-order valence-corrected chi connectivity index (χ3v) is 3.62. The zero-order valence-electron chi connectivity index (χ0n) is 9.97. The number of hydrogen-bond acceptors (Lipinski definition) is 2. The van der Waals surface area contributed by atoms with Gasteiger partial charge >= 0.3 is 0 Å². The van der Waals surface area contributed by atoms with Crippen LogP contribution in [-0.2, 0) is 6.42 Å². The summed E-state index contributed by atoms with van der Waals surface area (Å²) >= 11 is 18.2. The maximum Gasteiger partial charge on any atom is 0.162 e. The molecule has 0 unspecified atom stereocenters. The molecule has 94 valence electrons. The van der Waals surface area contributed by atoms with Crippen LogP contribution in [0.5, 0.6) is 0 Å². The van der Waals surface area contributed by atoms with Crippen LogP contribution in [0.3, 0.4) is 0 Å². The Balaban J connectivity index is 2.64. The van der Waals surface area contributed by atoms with Crippen molar-refractivity contribution in [3.8, 4) is 11.4 Å². The van der Waals surface area contributed by atoms with Crippen LogP contribution in [0.15, 0.2) is 18.2 Å². The van der Waals surface area contributed by atoms with Gasteiger partial charge in [0, 0.05) is 21.8 Å². The number of aryl methyl sites for hydroxylation is 1. The minimum absolute atomic E-state index is 0.452. The third-order valence-electron chi connectivity index (χ3n) is 2.69. The molecule has 0 bridgehead atoms. The van der Waals surface area contributed by atoms with Crippen molar-refractivity contribution in [2.24, 2.45) is 0 Å². The summed E-state index contributed by atoms with van der Waals surface area (Å²) in [5, 5.41) is 1.60. The summed E-state index contributed by atoms with van der Waals surface area (Å²) < 4.78 is 0. The monoisotopic (exact) mass is 300 g/mol. The topological polar surface area (TPSA) is 25.8 Å². The van der Waals surface area contributed by atoms with Gasteiger partial charge in [-0.3, -0.25) is 0 Å². The molecule has 0 N–H and O–H groups in total. The molecule has 1 aromatic carbocycles. The van der Waals surface area contributed by atoms with E-state index >= 15 is 0 Å². The zero-order chi connectivity index (χ0) is 13.3. The highest BCUT2D eigenvalue weighted by Crippen LogP contribution is 2.30. The molecule has 1 heterocycles. The molecule has 0 saturated heterocycles.